The molecule has 2 aromatic rings. The number of hydrogen-bond donors (Lipinski definition) is 2. The number of benzene rings is 1. The molecule has 18 heavy (non-hydrogen) atoms. The summed E-state index contributed by atoms with van der Waals surface area (Å²) < 4.78 is 0. The Morgan fingerprint density at radius 1 is 1.28 bits per heavy atom. The van der Waals surface area contributed by atoms with Crippen LogP contribution < -0.4 is 5.73 Å². The molecule has 96 valence electrons. The van der Waals surface area contributed by atoms with Gasteiger partial charge in [-0.1, -0.05) is 18.2 Å². The molecular formula is C15H21N3. The first-order chi connectivity index (χ1) is 8.75. The van der Waals surface area contributed by atoms with E-state index in [0.717, 1.165) is 25.9 Å². The van der Waals surface area contributed by atoms with Crippen LogP contribution >= 0.6 is 0 Å². The molecule has 0 aliphatic carbocycles. The molecule has 3 nitrogen and oxygen atoms in total. The van der Waals surface area contributed by atoms with E-state index in [9.17, 15) is 0 Å². The third-order valence-electron chi connectivity index (χ3n) is 4.19. The van der Waals surface area contributed by atoms with Crippen LogP contribution in [-0.4, -0.2) is 29.0 Å². The summed E-state index contributed by atoms with van der Waals surface area (Å²) in [7, 11) is 0. The minimum Gasteiger partial charge on any atom is -0.361 e. The van der Waals surface area contributed by atoms with Crippen molar-refractivity contribution in [3.63, 3.8) is 0 Å². The smallest absolute Gasteiger partial charge is 0.0457 e. The Morgan fingerprint density at radius 2 is 2.00 bits per heavy atom. The van der Waals surface area contributed by atoms with Crippen LogP contribution in [-0.2, 0) is 0 Å². The molecule has 2 heterocycles. The quantitative estimate of drug-likeness (QED) is 0.851. The maximum Gasteiger partial charge on any atom is 0.0457 e. The topological polar surface area (TPSA) is 45.0 Å². The first-order valence-corrected chi connectivity index (χ1v) is 6.81. The number of rotatable bonds is 2. The summed E-state index contributed by atoms with van der Waals surface area (Å²) >= 11 is 0. The molecule has 3 rings (SSSR count). The lowest BCUT2D eigenvalue weighted by Gasteiger charge is -2.34. The van der Waals surface area contributed by atoms with Crippen LogP contribution in [0.15, 0.2) is 30.5 Å². The summed E-state index contributed by atoms with van der Waals surface area (Å²) in [6, 6.07) is 9.39. The Kier molecular flexibility index (Phi) is 3.10. The van der Waals surface area contributed by atoms with Crippen LogP contribution in [0.25, 0.3) is 10.9 Å². The summed E-state index contributed by atoms with van der Waals surface area (Å²) in [5, 5.41) is 1.35. The molecule has 1 aliphatic heterocycles. The first-order valence-electron chi connectivity index (χ1n) is 6.81. The van der Waals surface area contributed by atoms with Gasteiger partial charge in [-0.25, -0.2) is 0 Å². The molecule has 0 saturated carbocycles. The van der Waals surface area contributed by atoms with Crippen LogP contribution in [0.2, 0.25) is 0 Å². The number of nitrogens with two attached hydrogens (primary N) is 1. The van der Waals surface area contributed by atoms with E-state index in [-0.39, 0.29) is 0 Å². The van der Waals surface area contributed by atoms with Gasteiger partial charge in [-0.2, -0.15) is 0 Å². The van der Waals surface area contributed by atoms with Crippen molar-refractivity contribution in [3.8, 4) is 0 Å². The highest BCUT2D eigenvalue weighted by Crippen LogP contribution is 2.29. The molecule has 1 aromatic heterocycles. The predicted octanol–water partition coefficient (Wildman–Crippen LogP) is 2.65. The SMILES string of the molecule is CC(c1c[nH]c2ccccc12)N1CCC(N)CC1. The second-order valence-electron chi connectivity index (χ2n) is 5.34. The zero-order valence-corrected chi connectivity index (χ0v) is 10.9. The van der Waals surface area contributed by atoms with Gasteiger partial charge in [-0.15, -0.1) is 0 Å². The van der Waals surface area contributed by atoms with Crippen molar-refractivity contribution in [1.82, 2.24) is 9.88 Å². The fourth-order valence-electron chi connectivity index (χ4n) is 2.94. The van der Waals surface area contributed by atoms with E-state index in [0.29, 0.717) is 12.1 Å². The van der Waals surface area contributed by atoms with Crippen LogP contribution in [0.5, 0.6) is 0 Å². The van der Waals surface area contributed by atoms with Crippen molar-refractivity contribution in [2.75, 3.05) is 13.1 Å². The number of hydrogen-bond acceptors (Lipinski definition) is 2. The molecule has 3 N–H and O–H groups in total. The number of fused-ring (bicyclic) bond motifs is 1. The number of H-pyrrole nitrogens is 1. The number of nitrogens with one attached hydrogen (secondary N) is 1. The normalized spacial score (nSPS) is 20.3. The lowest BCUT2D eigenvalue weighted by atomic mass is 10.0. The van der Waals surface area contributed by atoms with E-state index in [4.69, 9.17) is 5.73 Å². The average Bonchev–Trinajstić information content (AvgIpc) is 2.82. The van der Waals surface area contributed by atoms with Gasteiger partial charge in [-0.3, -0.25) is 4.90 Å². The Balaban J connectivity index is 1.85. The number of aromatic nitrogens is 1. The molecule has 1 fully saturated rings. The lowest BCUT2D eigenvalue weighted by Crippen LogP contribution is -2.40. The van der Waals surface area contributed by atoms with Crippen molar-refractivity contribution in [3.05, 3.63) is 36.0 Å². The largest absolute Gasteiger partial charge is 0.361 e. The predicted molar refractivity (Wildman–Crippen MR) is 75.5 cm³/mol. The summed E-state index contributed by atoms with van der Waals surface area (Å²) in [5.41, 5.74) is 8.61. The van der Waals surface area contributed by atoms with Gasteiger partial charge in [0, 0.05) is 42.3 Å². The number of nitrogens with zero attached hydrogens (tertiary/aromatic N) is 1. The second-order valence-corrected chi connectivity index (χ2v) is 5.34. The second kappa shape index (κ2) is 4.75. The number of aromatic amines is 1. The molecule has 0 radical (unpaired) electrons. The van der Waals surface area contributed by atoms with E-state index in [1.807, 2.05) is 0 Å². The molecule has 0 bridgehead atoms. The minimum absolute atomic E-state index is 0.399. The van der Waals surface area contributed by atoms with Crippen molar-refractivity contribution in [1.29, 1.82) is 0 Å². The summed E-state index contributed by atoms with van der Waals surface area (Å²) in [4.78, 5) is 5.91. The van der Waals surface area contributed by atoms with Crippen LogP contribution in [0.1, 0.15) is 31.4 Å². The van der Waals surface area contributed by atoms with Crippen LogP contribution in [0.4, 0.5) is 0 Å². The van der Waals surface area contributed by atoms with E-state index >= 15 is 0 Å². The number of piperidine rings is 1. The van der Waals surface area contributed by atoms with Crippen molar-refractivity contribution < 1.29 is 0 Å². The van der Waals surface area contributed by atoms with Gasteiger partial charge in [0.25, 0.3) is 0 Å². The van der Waals surface area contributed by atoms with Gasteiger partial charge in [0.15, 0.2) is 0 Å². The highest BCUT2D eigenvalue weighted by atomic mass is 15.2. The molecule has 1 aliphatic rings. The van der Waals surface area contributed by atoms with Gasteiger partial charge in [0.05, 0.1) is 0 Å². The molecule has 0 amide bonds. The van der Waals surface area contributed by atoms with Crippen molar-refractivity contribution >= 4 is 10.9 Å². The standard InChI is InChI=1S/C15H21N3/c1-11(18-8-6-12(16)7-9-18)14-10-17-15-5-3-2-4-13(14)15/h2-5,10-12,17H,6-9,16H2,1H3. The van der Waals surface area contributed by atoms with E-state index < -0.39 is 0 Å². The Bertz CT molecular complexity index is 523. The fraction of sp³-hybridized carbons (Fsp3) is 0.467. The molecule has 1 saturated heterocycles. The van der Waals surface area contributed by atoms with Gasteiger partial charge in [0.2, 0.25) is 0 Å². The maximum atomic E-state index is 5.97. The van der Waals surface area contributed by atoms with E-state index in [1.54, 1.807) is 0 Å². The van der Waals surface area contributed by atoms with Crippen molar-refractivity contribution in [2.24, 2.45) is 5.73 Å². The first kappa shape index (κ1) is 11.8. The fourth-order valence-corrected chi connectivity index (χ4v) is 2.94. The Labute approximate surface area is 108 Å². The molecular weight excluding hydrogens is 222 g/mol. The molecule has 1 aromatic carbocycles. The van der Waals surface area contributed by atoms with Gasteiger partial charge < -0.3 is 10.7 Å². The van der Waals surface area contributed by atoms with Gasteiger partial charge >= 0.3 is 0 Å². The number of para-hydroxylation sites is 1. The molecule has 0 spiro atoms. The summed E-state index contributed by atoms with van der Waals surface area (Å²) in [5.74, 6) is 0. The van der Waals surface area contributed by atoms with Crippen LogP contribution in [0.3, 0.4) is 0 Å². The monoisotopic (exact) mass is 243 g/mol. The Morgan fingerprint density at radius 3 is 2.78 bits per heavy atom. The van der Waals surface area contributed by atoms with E-state index in [1.165, 1.54) is 16.5 Å². The Hall–Kier alpha value is -1.32. The average molecular weight is 243 g/mol. The van der Waals surface area contributed by atoms with Gasteiger partial charge in [0.1, 0.15) is 0 Å². The zero-order valence-electron chi connectivity index (χ0n) is 10.9. The molecule has 1 atom stereocenters. The number of likely N-dealkylation sites (tertiary alicyclic amines) is 1. The van der Waals surface area contributed by atoms with E-state index in [2.05, 4.69) is 47.3 Å². The molecule has 3 heteroatoms. The highest BCUT2D eigenvalue weighted by molar-refractivity contribution is 5.83. The highest BCUT2D eigenvalue weighted by Gasteiger charge is 2.23. The maximum absolute atomic E-state index is 5.97. The third kappa shape index (κ3) is 2.04. The van der Waals surface area contributed by atoms with Crippen LogP contribution in [0, 0.1) is 0 Å². The van der Waals surface area contributed by atoms with Crippen molar-refractivity contribution in [2.45, 2.75) is 31.8 Å². The molecule has 1 unspecified atom stereocenters. The minimum atomic E-state index is 0.399. The lowest BCUT2D eigenvalue weighted by molar-refractivity contribution is 0.164. The van der Waals surface area contributed by atoms with Gasteiger partial charge in [-0.05, 0) is 31.4 Å². The summed E-state index contributed by atoms with van der Waals surface area (Å²) in [6.07, 6.45) is 4.39. The third-order valence-corrected chi connectivity index (χ3v) is 4.19. The zero-order chi connectivity index (χ0) is 12.5. The summed E-state index contributed by atoms with van der Waals surface area (Å²) in [6.45, 7) is 4.52.